The largest absolute Gasteiger partial charge is 0.496 e. The van der Waals surface area contributed by atoms with E-state index < -0.39 is 17.6 Å². The lowest BCUT2D eigenvalue weighted by atomic mass is 9.59. The Morgan fingerprint density at radius 3 is 2.46 bits per heavy atom. The summed E-state index contributed by atoms with van der Waals surface area (Å²) in [6.45, 7) is 8.63. The summed E-state index contributed by atoms with van der Waals surface area (Å²) in [5, 5.41) is 10.2. The fraction of sp³-hybridized carbons (Fsp3) is 0.484. The SMILES string of the molecule is COc1cc(C)c2c(ccn2C(=O)OC(C)(C)C)c1CN1CCC2(C[C@H]1c1ccc(C#N)cc1)CC(F)(F)C2. The van der Waals surface area contributed by atoms with Gasteiger partial charge in [-0.1, -0.05) is 12.1 Å². The lowest BCUT2D eigenvalue weighted by Gasteiger charge is -2.54. The van der Waals surface area contributed by atoms with Crippen molar-refractivity contribution in [2.75, 3.05) is 13.7 Å². The monoisotopic (exact) mass is 535 g/mol. The standard InChI is InChI=1S/C31H35F2N3O3/c1-20-14-26(38-5)24(23-10-12-36(27(20)23)28(37)39-29(2,3)4)17-35-13-11-30(18-31(32,33)19-30)15-25(35)22-8-6-21(16-34)7-9-22/h6-10,12,14,25H,11,13,15,17-19H2,1-5H3/t25-/m0/s1. The number of benzene rings is 2. The highest BCUT2D eigenvalue weighted by Crippen LogP contribution is 2.60. The van der Waals surface area contributed by atoms with Crippen LogP contribution >= 0.6 is 0 Å². The van der Waals surface area contributed by atoms with Gasteiger partial charge in [-0.2, -0.15) is 5.26 Å². The highest BCUT2D eigenvalue weighted by Gasteiger charge is 2.58. The summed E-state index contributed by atoms with van der Waals surface area (Å²) in [6, 6.07) is 13.4. The van der Waals surface area contributed by atoms with Crippen molar-refractivity contribution in [1.29, 1.82) is 5.26 Å². The van der Waals surface area contributed by atoms with E-state index in [2.05, 4.69) is 11.0 Å². The number of aromatic nitrogens is 1. The Labute approximate surface area is 228 Å². The van der Waals surface area contributed by atoms with Crippen LogP contribution in [0.4, 0.5) is 13.6 Å². The van der Waals surface area contributed by atoms with Gasteiger partial charge in [-0.25, -0.2) is 13.6 Å². The molecular weight excluding hydrogens is 500 g/mol. The van der Waals surface area contributed by atoms with Crippen molar-refractivity contribution >= 4 is 17.0 Å². The third-order valence-electron chi connectivity index (χ3n) is 8.09. The molecule has 39 heavy (non-hydrogen) atoms. The lowest BCUT2D eigenvalue weighted by Crippen LogP contribution is -2.53. The number of alkyl halides is 2. The number of fused-ring (bicyclic) bond motifs is 1. The summed E-state index contributed by atoms with van der Waals surface area (Å²) >= 11 is 0. The van der Waals surface area contributed by atoms with Crippen molar-refractivity contribution in [3.05, 3.63) is 64.8 Å². The van der Waals surface area contributed by atoms with E-state index in [1.807, 2.05) is 52.0 Å². The lowest BCUT2D eigenvalue weighted by molar-refractivity contribution is -0.186. The number of halogens is 2. The van der Waals surface area contributed by atoms with Crippen LogP contribution in [0, 0.1) is 23.7 Å². The van der Waals surface area contributed by atoms with E-state index in [9.17, 15) is 18.8 Å². The van der Waals surface area contributed by atoms with E-state index >= 15 is 0 Å². The van der Waals surface area contributed by atoms with Crippen molar-refractivity contribution in [2.45, 2.75) is 77.5 Å². The number of hydrogen-bond donors (Lipinski definition) is 0. The fourth-order valence-corrected chi connectivity index (χ4v) is 6.42. The number of methoxy groups -OCH3 is 1. The minimum atomic E-state index is -2.59. The zero-order chi connectivity index (χ0) is 28.2. The molecule has 5 rings (SSSR count). The van der Waals surface area contributed by atoms with Gasteiger partial charge in [0.05, 0.1) is 24.3 Å². The molecule has 2 heterocycles. The van der Waals surface area contributed by atoms with E-state index in [-0.39, 0.29) is 24.3 Å². The molecule has 2 fully saturated rings. The van der Waals surface area contributed by atoms with Gasteiger partial charge in [0, 0.05) is 42.6 Å². The Morgan fingerprint density at radius 2 is 1.87 bits per heavy atom. The molecule has 3 aromatic rings. The predicted molar refractivity (Wildman–Crippen MR) is 145 cm³/mol. The van der Waals surface area contributed by atoms with Crippen LogP contribution in [-0.2, 0) is 11.3 Å². The molecule has 1 saturated carbocycles. The van der Waals surface area contributed by atoms with Gasteiger partial charge >= 0.3 is 6.09 Å². The average molecular weight is 536 g/mol. The smallest absolute Gasteiger partial charge is 0.419 e. The molecular formula is C31H35F2N3O3. The van der Waals surface area contributed by atoms with Gasteiger partial charge in [0.1, 0.15) is 11.4 Å². The first kappa shape index (κ1) is 27.1. The molecule has 0 amide bonds. The van der Waals surface area contributed by atoms with E-state index in [0.717, 1.165) is 33.3 Å². The minimum absolute atomic E-state index is 0.0720. The topological polar surface area (TPSA) is 67.5 Å². The van der Waals surface area contributed by atoms with Crippen molar-refractivity contribution in [3.63, 3.8) is 0 Å². The number of nitrogens with zero attached hydrogens (tertiary/aromatic N) is 3. The van der Waals surface area contributed by atoms with Crippen LogP contribution in [-0.4, -0.2) is 40.7 Å². The second-order valence-corrected chi connectivity index (χ2v) is 12.2. The third-order valence-corrected chi connectivity index (χ3v) is 8.09. The van der Waals surface area contributed by atoms with Gasteiger partial charge in [0.2, 0.25) is 5.92 Å². The van der Waals surface area contributed by atoms with E-state index in [0.29, 0.717) is 31.5 Å². The van der Waals surface area contributed by atoms with Crippen LogP contribution in [0.3, 0.4) is 0 Å². The van der Waals surface area contributed by atoms with Crippen molar-refractivity contribution < 1.29 is 23.0 Å². The van der Waals surface area contributed by atoms with Crippen LogP contribution < -0.4 is 4.74 Å². The van der Waals surface area contributed by atoms with Gasteiger partial charge in [0.25, 0.3) is 0 Å². The number of carbonyl (C=O) groups is 1. The molecule has 0 unspecified atom stereocenters. The molecule has 1 atom stereocenters. The van der Waals surface area contributed by atoms with Gasteiger partial charge in [0.15, 0.2) is 0 Å². The molecule has 1 saturated heterocycles. The van der Waals surface area contributed by atoms with Crippen LogP contribution in [0.25, 0.3) is 10.9 Å². The molecule has 1 spiro atoms. The highest BCUT2D eigenvalue weighted by atomic mass is 19.3. The van der Waals surface area contributed by atoms with Gasteiger partial charge in [-0.05, 0) is 87.9 Å². The number of piperidine rings is 1. The molecule has 8 heteroatoms. The molecule has 0 radical (unpaired) electrons. The average Bonchev–Trinajstić information content (AvgIpc) is 3.30. The number of nitriles is 1. The number of carbonyl (C=O) groups excluding carboxylic acids is 1. The van der Waals surface area contributed by atoms with Gasteiger partial charge in [-0.3, -0.25) is 9.47 Å². The second-order valence-electron chi connectivity index (χ2n) is 12.2. The second kappa shape index (κ2) is 9.63. The fourth-order valence-electron chi connectivity index (χ4n) is 6.42. The zero-order valence-electron chi connectivity index (χ0n) is 23.2. The van der Waals surface area contributed by atoms with E-state index in [1.54, 1.807) is 30.0 Å². The zero-order valence-corrected chi connectivity index (χ0v) is 23.2. The van der Waals surface area contributed by atoms with E-state index in [4.69, 9.17) is 9.47 Å². The maximum atomic E-state index is 14.0. The molecule has 0 N–H and O–H groups in total. The first-order valence-corrected chi connectivity index (χ1v) is 13.4. The van der Waals surface area contributed by atoms with Crippen LogP contribution in [0.5, 0.6) is 5.75 Å². The first-order valence-electron chi connectivity index (χ1n) is 13.4. The molecule has 6 nitrogen and oxygen atoms in total. The summed E-state index contributed by atoms with van der Waals surface area (Å²) < 4.78 is 41.0. The van der Waals surface area contributed by atoms with Crippen molar-refractivity contribution in [2.24, 2.45) is 5.41 Å². The number of hydrogen-bond acceptors (Lipinski definition) is 5. The molecule has 1 aliphatic heterocycles. The molecule has 206 valence electrons. The maximum Gasteiger partial charge on any atom is 0.419 e. The third kappa shape index (κ3) is 5.25. The summed E-state index contributed by atoms with van der Waals surface area (Å²) in [7, 11) is 1.63. The van der Waals surface area contributed by atoms with Crippen LogP contribution in [0.2, 0.25) is 0 Å². The van der Waals surface area contributed by atoms with Gasteiger partial charge < -0.3 is 9.47 Å². The summed E-state index contributed by atoms with van der Waals surface area (Å²) in [4.78, 5) is 15.3. The Balaban J connectivity index is 1.53. The molecule has 2 aromatic carbocycles. The predicted octanol–water partition coefficient (Wildman–Crippen LogP) is 7.37. The molecule has 1 aliphatic carbocycles. The molecule has 2 aliphatic rings. The van der Waals surface area contributed by atoms with Crippen LogP contribution in [0.1, 0.15) is 74.8 Å². The Kier molecular flexibility index (Phi) is 6.70. The number of likely N-dealkylation sites (tertiary alicyclic amines) is 1. The summed E-state index contributed by atoms with van der Waals surface area (Å²) in [5.41, 5.74) is 3.17. The van der Waals surface area contributed by atoms with Crippen molar-refractivity contribution in [3.8, 4) is 11.8 Å². The van der Waals surface area contributed by atoms with Gasteiger partial charge in [-0.15, -0.1) is 0 Å². The Morgan fingerprint density at radius 1 is 1.18 bits per heavy atom. The molecule has 1 aromatic heterocycles. The number of ether oxygens (including phenoxy) is 2. The highest BCUT2D eigenvalue weighted by molar-refractivity contribution is 5.95. The molecule has 0 bridgehead atoms. The number of aryl methyl sites for hydroxylation is 1. The normalized spacial score (nSPS) is 20.4. The quantitative estimate of drug-likeness (QED) is 0.349. The first-order chi connectivity index (χ1) is 18.3. The summed E-state index contributed by atoms with van der Waals surface area (Å²) in [5.74, 6) is -1.87. The number of rotatable bonds is 4. The van der Waals surface area contributed by atoms with Crippen LogP contribution in [0.15, 0.2) is 42.6 Å². The minimum Gasteiger partial charge on any atom is -0.496 e. The Bertz CT molecular complexity index is 1440. The Hall–Kier alpha value is -3.44. The maximum absolute atomic E-state index is 14.0. The van der Waals surface area contributed by atoms with E-state index in [1.165, 1.54) is 0 Å². The van der Waals surface area contributed by atoms with Crippen molar-refractivity contribution in [1.82, 2.24) is 9.47 Å². The summed E-state index contributed by atoms with van der Waals surface area (Å²) in [6.07, 6.45) is 2.47.